The highest BCUT2D eigenvalue weighted by Gasteiger charge is 2.08. The highest BCUT2D eigenvalue weighted by Crippen LogP contribution is 2.26. The zero-order chi connectivity index (χ0) is 13.7. The van der Waals surface area contributed by atoms with Crippen LogP contribution in [0.2, 0.25) is 0 Å². The molecule has 102 valence electrons. The number of thioether (sulfide) groups is 1. The molecule has 0 radical (unpaired) electrons. The molecule has 0 saturated carbocycles. The van der Waals surface area contributed by atoms with Crippen molar-refractivity contribution in [1.29, 1.82) is 0 Å². The third-order valence-corrected chi connectivity index (χ3v) is 3.67. The van der Waals surface area contributed by atoms with E-state index >= 15 is 0 Å². The van der Waals surface area contributed by atoms with Crippen molar-refractivity contribution in [2.45, 2.75) is 38.2 Å². The number of aromatic nitrogens is 2. The van der Waals surface area contributed by atoms with Crippen LogP contribution in [0.3, 0.4) is 0 Å². The number of hydrogen-bond acceptors (Lipinski definition) is 5. The number of nitrogens with zero attached hydrogens (tertiary/aromatic N) is 2. The zero-order valence-electron chi connectivity index (χ0n) is 11.6. The predicted molar refractivity (Wildman–Crippen MR) is 78.6 cm³/mol. The standard InChI is InChI=1S/C14H19N3OS/c1-4-7-15-13-12(6-5-8-16-13)9-19-14-17-10(2)11(3)18-14/h5-6,8H,4,7,9H2,1-3H3,(H,15,16). The first kappa shape index (κ1) is 13.9. The van der Waals surface area contributed by atoms with Gasteiger partial charge in [0.25, 0.3) is 5.22 Å². The Hall–Kier alpha value is -1.49. The fourth-order valence-corrected chi connectivity index (χ4v) is 2.50. The number of anilines is 1. The molecule has 0 aliphatic heterocycles. The van der Waals surface area contributed by atoms with E-state index in [4.69, 9.17) is 4.42 Å². The number of aryl methyl sites for hydroxylation is 2. The van der Waals surface area contributed by atoms with Gasteiger partial charge in [0.05, 0.1) is 5.69 Å². The molecule has 0 bridgehead atoms. The molecule has 0 atom stereocenters. The summed E-state index contributed by atoms with van der Waals surface area (Å²) in [5.41, 5.74) is 2.13. The Labute approximate surface area is 118 Å². The predicted octanol–water partition coefficient (Wildman–Crippen LogP) is 3.80. The lowest BCUT2D eigenvalue weighted by Gasteiger charge is -2.08. The maximum absolute atomic E-state index is 5.57. The average Bonchev–Trinajstić information content (AvgIpc) is 2.74. The van der Waals surface area contributed by atoms with Gasteiger partial charge in [-0.3, -0.25) is 0 Å². The van der Waals surface area contributed by atoms with Crippen LogP contribution in [0.15, 0.2) is 28.0 Å². The Morgan fingerprint density at radius 3 is 2.89 bits per heavy atom. The summed E-state index contributed by atoms with van der Waals surface area (Å²) in [5, 5.41) is 4.06. The fourth-order valence-electron chi connectivity index (χ4n) is 1.60. The molecule has 5 heteroatoms. The highest BCUT2D eigenvalue weighted by molar-refractivity contribution is 7.98. The van der Waals surface area contributed by atoms with Gasteiger partial charge >= 0.3 is 0 Å². The van der Waals surface area contributed by atoms with Gasteiger partial charge in [-0.15, -0.1) is 0 Å². The molecule has 0 spiro atoms. The molecule has 2 aromatic rings. The maximum atomic E-state index is 5.57. The largest absolute Gasteiger partial charge is 0.437 e. The fraction of sp³-hybridized carbons (Fsp3) is 0.429. The molecule has 2 heterocycles. The van der Waals surface area contributed by atoms with E-state index in [-0.39, 0.29) is 0 Å². The van der Waals surface area contributed by atoms with E-state index in [1.807, 2.05) is 26.1 Å². The number of nitrogens with one attached hydrogen (secondary N) is 1. The van der Waals surface area contributed by atoms with Crippen molar-refractivity contribution >= 4 is 17.6 Å². The summed E-state index contributed by atoms with van der Waals surface area (Å²) in [7, 11) is 0. The van der Waals surface area contributed by atoms with Crippen molar-refractivity contribution in [1.82, 2.24) is 9.97 Å². The minimum absolute atomic E-state index is 0.722. The number of oxazole rings is 1. The molecule has 2 rings (SSSR count). The van der Waals surface area contributed by atoms with Gasteiger partial charge in [0.1, 0.15) is 11.6 Å². The molecule has 0 amide bonds. The Morgan fingerprint density at radius 1 is 1.37 bits per heavy atom. The molecule has 1 N–H and O–H groups in total. The third-order valence-electron chi connectivity index (χ3n) is 2.79. The Morgan fingerprint density at radius 2 is 2.21 bits per heavy atom. The smallest absolute Gasteiger partial charge is 0.256 e. The maximum Gasteiger partial charge on any atom is 0.256 e. The van der Waals surface area contributed by atoms with Crippen LogP contribution < -0.4 is 5.32 Å². The first-order chi connectivity index (χ1) is 9.20. The second kappa shape index (κ2) is 6.61. The molecule has 0 unspecified atom stereocenters. The normalized spacial score (nSPS) is 10.7. The number of hydrogen-bond donors (Lipinski definition) is 1. The van der Waals surface area contributed by atoms with Gasteiger partial charge in [-0.05, 0) is 26.3 Å². The van der Waals surface area contributed by atoms with Crippen LogP contribution in [0.1, 0.15) is 30.4 Å². The molecular formula is C14H19N3OS. The summed E-state index contributed by atoms with van der Waals surface area (Å²) in [6.45, 7) is 6.97. The molecule has 0 saturated heterocycles. The van der Waals surface area contributed by atoms with E-state index in [9.17, 15) is 0 Å². The molecule has 19 heavy (non-hydrogen) atoms. The molecular weight excluding hydrogens is 258 g/mol. The topological polar surface area (TPSA) is 51.0 Å². The van der Waals surface area contributed by atoms with Gasteiger partial charge in [-0.2, -0.15) is 0 Å². The van der Waals surface area contributed by atoms with Crippen molar-refractivity contribution in [3.05, 3.63) is 35.3 Å². The average molecular weight is 277 g/mol. The van der Waals surface area contributed by atoms with Crippen LogP contribution in [-0.2, 0) is 5.75 Å². The van der Waals surface area contributed by atoms with Crippen LogP contribution in [-0.4, -0.2) is 16.5 Å². The number of pyridine rings is 1. The minimum Gasteiger partial charge on any atom is -0.437 e. The molecule has 2 aromatic heterocycles. The van der Waals surface area contributed by atoms with Gasteiger partial charge in [-0.1, -0.05) is 24.8 Å². The Kier molecular flexibility index (Phi) is 4.85. The second-order valence-electron chi connectivity index (χ2n) is 4.35. The lowest BCUT2D eigenvalue weighted by Crippen LogP contribution is -2.04. The van der Waals surface area contributed by atoms with Crippen LogP contribution >= 0.6 is 11.8 Å². The Balaban J connectivity index is 2.02. The van der Waals surface area contributed by atoms with Gasteiger partial charge < -0.3 is 9.73 Å². The van der Waals surface area contributed by atoms with E-state index in [0.717, 1.165) is 41.2 Å². The molecule has 0 aromatic carbocycles. The van der Waals surface area contributed by atoms with Crippen LogP contribution in [0.25, 0.3) is 0 Å². The lowest BCUT2D eigenvalue weighted by molar-refractivity contribution is 0.431. The Bertz CT molecular complexity index is 520. The van der Waals surface area contributed by atoms with E-state index in [1.54, 1.807) is 11.8 Å². The van der Waals surface area contributed by atoms with Crippen LogP contribution in [0.5, 0.6) is 0 Å². The molecule has 0 fully saturated rings. The third kappa shape index (κ3) is 3.73. The van der Waals surface area contributed by atoms with Crippen molar-refractivity contribution < 1.29 is 4.42 Å². The minimum atomic E-state index is 0.722. The highest BCUT2D eigenvalue weighted by atomic mass is 32.2. The second-order valence-corrected chi connectivity index (χ2v) is 5.27. The summed E-state index contributed by atoms with van der Waals surface area (Å²) in [5.74, 6) is 2.65. The van der Waals surface area contributed by atoms with Crippen molar-refractivity contribution in [3.63, 3.8) is 0 Å². The summed E-state index contributed by atoms with van der Waals surface area (Å²) < 4.78 is 5.57. The van der Waals surface area contributed by atoms with Crippen LogP contribution in [0.4, 0.5) is 5.82 Å². The monoisotopic (exact) mass is 277 g/mol. The van der Waals surface area contributed by atoms with Crippen LogP contribution in [0, 0.1) is 13.8 Å². The molecule has 0 aliphatic rings. The van der Waals surface area contributed by atoms with E-state index in [1.165, 1.54) is 5.56 Å². The van der Waals surface area contributed by atoms with E-state index in [0.29, 0.717) is 0 Å². The first-order valence-corrected chi connectivity index (χ1v) is 7.44. The summed E-state index contributed by atoms with van der Waals surface area (Å²) >= 11 is 1.60. The molecule has 4 nitrogen and oxygen atoms in total. The summed E-state index contributed by atoms with van der Waals surface area (Å²) in [4.78, 5) is 8.75. The lowest BCUT2D eigenvalue weighted by atomic mass is 10.3. The van der Waals surface area contributed by atoms with Gasteiger partial charge in [-0.25, -0.2) is 9.97 Å². The summed E-state index contributed by atoms with van der Waals surface area (Å²) in [6.07, 6.45) is 2.90. The van der Waals surface area contributed by atoms with Gasteiger partial charge in [0.15, 0.2) is 0 Å². The zero-order valence-corrected chi connectivity index (χ0v) is 12.4. The SMILES string of the molecule is CCCNc1ncccc1CSc1nc(C)c(C)o1. The van der Waals surface area contributed by atoms with E-state index < -0.39 is 0 Å². The first-order valence-electron chi connectivity index (χ1n) is 6.45. The van der Waals surface area contributed by atoms with Gasteiger partial charge in [0, 0.05) is 24.1 Å². The van der Waals surface area contributed by atoms with E-state index in [2.05, 4.69) is 28.3 Å². The van der Waals surface area contributed by atoms with Crippen molar-refractivity contribution in [3.8, 4) is 0 Å². The van der Waals surface area contributed by atoms with Crippen molar-refractivity contribution in [2.75, 3.05) is 11.9 Å². The number of rotatable bonds is 6. The van der Waals surface area contributed by atoms with Gasteiger partial charge in [0.2, 0.25) is 0 Å². The molecule has 0 aliphatic carbocycles. The van der Waals surface area contributed by atoms with Crippen molar-refractivity contribution in [2.24, 2.45) is 0 Å². The summed E-state index contributed by atoms with van der Waals surface area (Å²) in [6, 6.07) is 4.04. The quantitative estimate of drug-likeness (QED) is 0.814.